The van der Waals surface area contributed by atoms with Gasteiger partial charge in [0.1, 0.15) is 9.88 Å². The van der Waals surface area contributed by atoms with Gasteiger partial charge < -0.3 is 10.2 Å². The fourth-order valence-corrected chi connectivity index (χ4v) is 3.45. The first-order valence-electron chi connectivity index (χ1n) is 5.82. The van der Waals surface area contributed by atoms with Crippen LogP contribution in [0.3, 0.4) is 0 Å². The number of halogens is 1. The molecular formula is C14H8FNO3S2. The van der Waals surface area contributed by atoms with E-state index in [1.165, 1.54) is 29.5 Å². The van der Waals surface area contributed by atoms with Crippen molar-refractivity contribution in [3.63, 3.8) is 0 Å². The minimum atomic E-state index is -0.970. The Balaban J connectivity index is 1.95. The second-order valence-corrected chi connectivity index (χ2v) is 6.12. The van der Waals surface area contributed by atoms with Crippen molar-refractivity contribution in [3.8, 4) is 26.9 Å². The predicted octanol–water partition coefficient (Wildman–Crippen LogP) is 4.08. The molecule has 4 nitrogen and oxygen atoms in total. The van der Waals surface area contributed by atoms with Gasteiger partial charge in [-0.3, -0.25) is 0 Å². The number of benzene rings is 1. The van der Waals surface area contributed by atoms with Crippen LogP contribution in [0.4, 0.5) is 4.39 Å². The second-order valence-electron chi connectivity index (χ2n) is 4.17. The van der Waals surface area contributed by atoms with Crippen molar-refractivity contribution in [2.75, 3.05) is 0 Å². The predicted molar refractivity (Wildman–Crippen MR) is 79.4 cm³/mol. The van der Waals surface area contributed by atoms with Crippen molar-refractivity contribution in [3.05, 3.63) is 46.4 Å². The van der Waals surface area contributed by atoms with E-state index in [-0.39, 0.29) is 4.88 Å². The Morgan fingerprint density at radius 2 is 2.05 bits per heavy atom. The minimum Gasteiger partial charge on any atom is -0.505 e. The number of hydrogen-bond donors (Lipinski definition) is 2. The molecule has 0 aliphatic rings. The van der Waals surface area contributed by atoms with Crippen LogP contribution in [0.1, 0.15) is 9.67 Å². The maximum Gasteiger partial charge on any atom is 0.345 e. The minimum absolute atomic E-state index is 0.246. The average Bonchev–Trinajstić information content (AvgIpc) is 3.09. The van der Waals surface area contributed by atoms with Gasteiger partial charge in [-0.25, -0.2) is 14.2 Å². The van der Waals surface area contributed by atoms with Gasteiger partial charge in [0.2, 0.25) is 0 Å². The lowest BCUT2D eigenvalue weighted by Gasteiger charge is -1.98. The number of phenols is 1. The number of thiazole rings is 1. The lowest BCUT2D eigenvalue weighted by atomic mass is 10.2. The monoisotopic (exact) mass is 321 g/mol. The highest BCUT2D eigenvalue weighted by Crippen LogP contribution is 2.33. The van der Waals surface area contributed by atoms with Gasteiger partial charge in [-0.2, -0.15) is 0 Å². The molecule has 2 aromatic heterocycles. The number of nitrogens with zero attached hydrogens (tertiary/aromatic N) is 1. The van der Waals surface area contributed by atoms with Gasteiger partial charge in [0.25, 0.3) is 0 Å². The van der Waals surface area contributed by atoms with Gasteiger partial charge in [0.05, 0.1) is 10.6 Å². The van der Waals surface area contributed by atoms with Crippen molar-refractivity contribution in [1.82, 2.24) is 4.98 Å². The van der Waals surface area contributed by atoms with Crippen molar-refractivity contribution in [2.45, 2.75) is 0 Å². The van der Waals surface area contributed by atoms with Crippen LogP contribution >= 0.6 is 22.7 Å². The number of carboxylic acid groups (broad SMARTS) is 1. The Hall–Kier alpha value is -2.25. The number of phenolic OH excluding ortho intramolecular Hbond substituents is 1. The van der Waals surface area contributed by atoms with E-state index in [0.29, 0.717) is 16.3 Å². The summed E-state index contributed by atoms with van der Waals surface area (Å²) in [5.74, 6) is -2.07. The van der Waals surface area contributed by atoms with Crippen molar-refractivity contribution in [1.29, 1.82) is 0 Å². The fourth-order valence-electron chi connectivity index (χ4n) is 1.75. The Bertz CT molecular complexity index is 825. The smallest absolute Gasteiger partial charge is 0.345 e. The Morgan fingerprint density at radius 3 is 2.71 bits per heavy atom. The number of thiophene rings is 1. The summed E-state index contributed by atoms with van der Waals surface area (Å²) >= 11 is 2.47. The molecule has 0 radical (unpaired) electrons. The molecule has 7 heteroatoms. The van der Waals surface area contributed by atoms with Crippen LogP contribution in [-0.4, -0.2) is 21.2 Å². The second kappa shape index (κ2) is 5.27. The molecule has 0 saturated heterocycles. The van der Waals surface area contributed by atoms with Crippen LogP contribution in [0.2, 0.25) is 0 Å². The number of carboxylic acids is 1. The molecule has 0 aliphatic carbocycles. The number of aromatic hydroxyl groups is 1. The molecule has 3 rings (SSSR count). The van der Waals surface area contributed by atoms with Crippen molar-refractivity contribution >= 4 is 28.6 Å². The molecule has 0 saturated carbocycles. The summed E-state index contributed by atoms with van der Waals surface area (Å²) < 4.78 is 13.4. The molecule has 0 bridgehead atoms. The van der Waals surface area contributed by atoms with Crippen molar-refractivity contribution < 1.29 is 19.4 Å². The summed E-state index contributed by atoms with van der Waals surface area (Å²) in [6.45, 7) is 0. The normalized spacial score (nSPS) is 10.7. The Kier molecular flexibility index (Phi) is 3.44. The lowest BCUT2D eigenvalue weighted by Crippen LogP contribution is -1.89. The highest BCUT2D eigenvalue weighted by atomic mass is 32.1. The average molecular weight is 321 g/mol. The standard InChI is InChI=1S/C14H8FNO3S2/c15-8-5-7(1-2-10(8)17)13-16-9(6-20-13)11-3-4-12(21-11)14(18)19/h1-6,17H,(H,18,19). The van der Waals surface area contributed by atoms with Crippen LogP contribution in [0.15, 0.2) is 35.7 Å². The summed E-state index contributed by atoms with van der Waals surface area (Å²) in [7, 11) is 0. The Morgan fingerprint density at radius 1 is 1.24 bits per heavy atom. The quantitative estimate of drug-likeness (QED) is 0.762. The summed E-state index contributed by atoms with van der Waals surface area (Å²) in [5, 5.41) is 20.5. The molecule has 21 heavy (non-hydrogen) atoms. The molecule has 2 heterocycles. The number of hydrogen-bond acceptors (Lipinski definition) is 5. The summed E-state index contributed by atoms with van der Waals surface area (Å²) in [4.78, 5) is 16.2. The summed E-state index contributed by atoms with van der Waals surface area (Å²) in [6.07, 6.45) is 0. The zero-order valence-corrected chi connectivity index (χ0v) is 12.0. The molecule has 0 aliphatic heterocycles. The highest BCUT2D eigenvalue weighted by Gasteiger charge is 2.13. The summed E-state index contributed by atoms with van der Waals surface area (Å²) in [5.41, 5.74) is 1.22. The molecule has 106 valence electrons. The van der Waals surface area contributed by atoms with Gasteiger partial charge in [0.15, 0.2) is 11.6 Å². The summed E-state index contributed by atoms with van der Waals surface area (Å²) in [6, 6.07) is 7.30. The van der Waals surface area contributed by atoms with Gasteiger partial charge in [-0.15, -0.1) is 22.7 Å². The molecule has 3 aromatic rings. The first-order valence-corrected chi connectivity index (χ1v) is 7.52. The van der Waals surface area contributed by atoms with E-state index < -0.39 is 17.5 Å². The molecular weight excluding hydrogens is 313 g/mol. The van der Waals surface area contributed by atoms with Gasteiger partial charge in [-0.05, 0) is 30.3 Å². The van der Waals surface area contributed by atoms with E-state index in [4.69, 9.17) is 5.11 Å². The third-order valence-electron chi connectivity index (χ3n) is 2.77. The number of aromatic nitrogens is 1. The fraction of sp³-hybridized carbons (Fsp3) is 0. The largest absolute Gasteiger partial charge is 0.505 e. The zero-order valence-electron chi connectivity index (χ0n) is 10.4. The van der Waals surface area contributed by atoms with E-state index in [1.54, 1.807) is 17.5 Å². The highest BCUT2D eigenvalue weighted by molar-refractivity contribution is 7.18. The maximum atomic E-state index is 13.4. The number of aromatic carboxylic acids is 1. The van der Waals surface area contributed by atoms with Gasteiger partial charge in [0, 0.05) is 10.9 Å². The van der Waals surface area contributed by atoms with Crippen LogP contribution in [0, 0.1) is 5.82 Å². The molecule has 0 spiro atoms. The van der Waals surface area contributed by atoms with Crippen LogP contribution < -0.4 is 0 Å². The van der Waals surface area contributed by atoms with E-state index in [0.717, 1.165) is 16.2 Å². The van der Waals surface area contributed by atoms with Crippen LogP contribution in [-0.2, 0) is 0 Å². The SMILES string of the molecule is O=C(O)c1ccc(-c2csc(-c3ccc(O)c(F)c3)n2)s1. The van der Waals surface area contributed by atoms with E-state index in [9.17, 15) is 14.3 Å². The molecule has 0 fully saturated rings. The zero-order chi connectivity index (χ0) is 15.0. The number of rotatable bonds is 3. The topological polar surface area (TPSA) is 70.4 Å². The lowest BCUT2D eigenvalue weighted by molar-refractivity contribution is 0.0702. The van der Waals surface area contributed by atoms with E-state index >= 15 is 0 Å². The maximum absolute atomic E-state index is 13.4. The molecule has 2 N–H and O–H groups in total. The molecule has 0 atom stereocenters. The number of carbonyl (C=O) groups is 1. The molecule has 0 amide bonds. The Labute approximate surface area is 126 Å². The molecule has 1 aromatic carbocycles. The molecule has 0 unspecified atom stereocenters. The van der Waals surface area contributed by atoms with Crippen LogP contribution in [0.5, 0.6) is 5.75 Å². The van der Waals surface area contributed by atoms with Crippen molar-refractivity contribution in [2.24, 2.45) is 0 Å². The van der Waals surface area contributed by atoms with Gasteiger partial charge >= 0.3 is 5.97 Å². The van der Waals surface area contributed by atoms with E-state index in [1.807, 2.05) is 0 Å². The first kappa shape index (κ1) is 13.7. The van der Waals surface area contributed by atoms with E-state index in [2.05, 4.69) is 4.98 Å². The third kappa shape index (κ3) is 2.65. The first-order chi connectivity index (χ1) is 10.0. The van der Waals surface area contributed by atoms with Crippen LogP contribution in [0.25, 0.3) is 21.1 Å². The third-order valence-corrected chi connectivity index (χ3v) is 4.76. The van der Waals surface area contributed by atoms with Gasteiger partial charge in [-0.1, -0.05) is 0 Å².